The van der Waals surface area contributed by atoms with Crippen LogP contribution in [0.5, 0.6) is 11.5 Å². The Balaban J connectivity index is 1.98. The summed E-state index contributed by atoms with van der Waals surface area (Å²) < 4.78 is 10.3. The summed E-state index contributed by atoms with van der Waals surface area (Å²) >= 11 is 6.14. The molecule has 1 amide bonds. The Morgan fingerprint density at radius 2 is 1.76 bits per heavy atom. The molecule has 8 nitrogen and oxygen atoms in total. The van der Waals surface area contributed by atoms with Gasteiger partial charge in [0.25, 0.3) is 11.6 Å². The number of hydrogen-bond acceptors (Lipinski definition) is 6. The summed E-state index contributed by atoms with van der Waals surface area (Å²) in [6.45, 7) is 1.75. The Hall–Kier alpha value is -3.00. The number of nitro benzene ring substituents is 1. The minimum Gasteiger partial charge on any atom is -0.493 e. The molecule has 1 N–H and O–H groups in total. The Morgan fingerprint density at radius 1 is 1.10 bits per heavy atom. The van der Waals surface area contributed by atoms with Crippen LogP contribution < -0.4 is 19.7 Å². The van der Waals surface area contributed by atoms with Crippen molar-refractivity contribution in [1.29, 1.82) is 0 Å². The van der Waals surface area contributed by atoms with Crippen LogP contribution in [0.2, 0.25) is 5.02 Å². The van der Waals surface area contributed by atoms with Gasteiger partial charge in [-0.25, -0.2) is 0 Å². The molecule has 1 aliphatic rings. The Labute approximate surface area is 173 Å². The number of carbonyl (C=O) groups is 1. The molecule has 0 aliphatic carbocycles. The maximum absolute atomic E-state index is 13.0. The molecule has 0 spiro atoms. The van der Waals surface area contributed by atoms with E-state index in [0.29, 0.717) is 10.7 Å². The number of methoxy groups -OCH3 is 2. The van der Waals surface area contributed by atoms with Crippen LogP contribution in [0.15, 0.2) is 30.3 Å². The second-order valence-electron chi connectivity index (χ2n) is 6.64. The fraction of sp³-hybridized carbons (Fsp3) is 0.350. The third kappa shape index (κ3) is 4.54. The van der Waals surface area contributed by atoms with E-state index in [-0.39, 0.29) is 22.7 Å². The smallest absolute Gasteiger partial charge is 0.286 e. The largest absolute Gasteiger partial charge is 0.493 e. The molecule has 0 aromatic heterocycles. The topological polar surface area (TPSA) is 93.9 Å². The molecule has 0 unspecified atom stereocenters. The molecular formula is C20H22ClN3O5. The number of nitrogens with zero attached hydrogens (tertiary/aromatic N) is 2. The first-order chi connectivity index (χ1) is 13.9. The minimum atomic E-state index is -0.627. The average molecular weight is 420 g/mol. The standard InChI is InChI=1S/C20H22ClN3O5/c1-28-18-11-14(17(24(26)27)12-19(18)29-2)20(25)22-15-10-13(21)6-7-16(15)23-8-4-3-5-9-23/h6-7,10-12H,3-5,8-9H2,1-2H3,(H,22,25). The van der Waals surface area contributed by atoms with E-state index in [2.05, 4.69) is 10.2 Å². The number of amides is 1. The molecule has 0 radical (unpaired) electrons. The van der Waals surface area contributed by atoms with Gasteiger partial charge in [0.1, 0.15) is 5.56 Å². The number of halogens is 1. The quantitative estimate of drug-likeness (QED) is 0.547. The first kappa shape index (κ1) is 20.7. The predicted octanol–water partition coefficient (Wildman–Crippen LogP) is 4.51. The third-order valence-corrected chi connectivity index (χ3v) is 5.08. The summed E-state index contributed by atoms with van der Waals surface area (Å²) in [6, 6.07) is 7.75. The van der Waals surface area contributed by atoms with E-state index in [0.717, 1.165) is 31.6 Å². The normalized spacial score (nSPS) is 13.7. The van der Waals surface area contributed by atoms with Crippen molar-refractivity contribution < 1.29 is 19.2 Å². The monoisotopic (exact) mass is 419 g/mol. The molecule has 1 fully saturated rings. The number of ether oxygens (including phenoxy) is 2. The van der Waals surface area contributed by atoms with E-state index in [1.165, 1.54) is 32.8 Å². The molecule has 0 bridgehead atoms. The maximum Gasteiger partial charge on any atom is 0.286 e. The number of hydrogen-bond donors (Lipinski definition) is 1. The predicted molar refractivity (Wildman–Crippen MR) is 112 cm³/mol. The molecule has 0 saturated carbocycles. The SMILES string of the molecule is COc1cc(C(=O)Nc2cc(Cl)ccc2N2CCCCC2)c([N+](=O)[O-])cc1OC. The second kappa shape index (κ2) is 9.00. The molecule has 2 aromatic rings. The Kier molecular flexibility index (Phi) is 6.43. The van der Waals surface area contributed by atoms with E-state index in [9.17, 15) is 14.9 Å². The minimum absolute atomic E-state index is 0.128. The number of benzene rings is 2. The molecule has 154 valence electrons. The summed E-state index contributed by atoms with van der Waals surface area (Å²) in [5.41, 5.74) is 0.845. The van der Waals surface area contributed by atoms with Gasteiger partial charge in [0.05, 0.1) is 36.6 Å². The Morgan fingerprint density at radius 3 is 2.38 bits per heavy atom. The number of nitrogens with one attached hydrogen (secondary N) is 1. The van der Waals surface area contributed by atoms with Gasteiger partial charge in [-0.1, -0.05) is 11.6 Å². The Bertz CT molecular complexity index is 929. The van der Waals surface area contributed by atoms with Gasteiger partial charge in [-0.2, -0.15) is 0 Å². The number of nitro groups is 1. The van der Waals surface area contributed by atoms with Crippen molar-refractivity contribution in [3.05, 3.63) is 51.0 Å². The van der Waals surface area contributed by atoms with Crippen molar-refractivity contribution in [2.75, 3.05) is 37.5 Å². The van der Waals surface area contributed by atoms with Crippen LogP contribution in [0.4, 0.5) is 17.1 Å². The summed E-state index contributed by atoms with van der Waals surface area (Å²) in [5.74, 6) is -0.226. The van der Waals surface area contributed by atoms with E-state index in [1.807, 2.05) is 6.07 Å². The highest BCUT2D eigenvalue weighted by atomic mass is 35.5. The second-order valence-corrected chi connectivity index (χ2v) is 7.08. The lowest BCUT2D eigenvalue weighted by atomic mass is 10.1. The van der Waals surface area contributed by atoms with E-state index < -0.39 is 10.8 Å². The van der Waals surface area contributed by atoms with Crippen molar-refractivity contribution in [2.45, 2.75) is 19.3 Å². The van der Waals surface area contributed by atoms with E-state index >= 15 is 0 Å². The summed E-state index contributed by atoms with van der Waals surface area (Å²) in [7, 11) is 2.77. The van der Waals surface area contributed by atoms with Gasteiger partial charge >= 0.3 is 0 Å². The van der Waals surface area contributed by atoms with Gasteiger partial charge in [0.15, 0.2) is 11.5 Å². The summed E-state index contributed by atoms with van der Waals surface area (Å²) in [4.78, 5) is 26.0. The van der Waals surface area contributed by atoms with Crippen LogP contribution in [0, 0.1) is 10.1 Å². The zero-order valence-corrected chi connectivity index (χ0v) is 17.0. The molecule has 2 aromatic carbocycles. The third-order valence-electron chi connectivity index (χ3n) is 4.85. The highest BCUT2D eigenvalue weighted by Crippen LogP contribution is 2.36. The molecular weight excluding hydrogens is 398 g/mol. The van der Waals surface area contributed by atoms with Crippen LogP contribution in [0.25, 0.3) is 0 Å². The van der Waals surface area contributed by atoms with Crippen molar-refractivity contribution in [3.63, 3.8) is 0 Å². The van der Waals surface area contributed by atoms with Crippen LogP contribution >= 0.6 is 11.6 Å². The zero-order valence-electron chi connectivity index (χ0n) is 16.2. The first-order valence-electron chi connectivity index (χ1n) is 9.21. The number of carbonyl (C=O) groups excluding carboxylic acids is 1. The fourth-order valence-corrected chi connectivity index (χ4v) is 3.58. The maximum atomic E-state index is 13.0. The van der Waals surface area contributed by atoms with E-state index in [1.54, 1.807) is 12.1 Å². The number of anilines is 2. The van der Waals surface area contributed by atoms with Crippen molar-refractivity contribution >= 4 is 34.6 Å². The first-order valence-corrected chi connectivity index (χ1v) is 9.58. The van der Waals surface area contributed by atoms with Gasteiger partial charge in [-0.3, -0.25) is 14.9 Å². The van der Waals surface area contributed by atoms with Crippen LogP contribution in [-0.4, -0.2) is 38.1 Å². The lowest BCUT2D eigenvalue weighted by Crippen LogP contribution is -2.30. The zero-order chi connectivity index (χ0) is 21.0. The van der Waals surface area contributed by atoms with Crippen molar-refractivity contribution in [2.24, 2.45) is 0 Å². The van der Waals surface area contributed by atoms with Crippen molar-refractivity contribution in [3.8, 4) is 11.5 Å². The lowest BCUT2D eigenvalue weighted by molar-refractivity contribution is -0.385. The van der Waals surface area contributed by atoms with Crippen molar-refractivity contribution in [1.82, 2.24) is 0 Å². The molecule has 9 heteroatoms. The highest BCUT2D eigenvalue weighted by molar-refractivity contribution is 6.31. The van der Waals surface area contributed by atoms with Gasteiger partial charge in [-0.15, -0.1) is 0 Å². The lowest BCUT2D eigenvalue weighted by Gasteiger charge is -2.30. The summed E-state index contributed by atoms with van der Waals surface area (Å²) in [6.07, 6.45) is 3.30. The van der Waals surface area contributed by atoms with Gasteiger partial charge in [0, 0.05) is 24.2 Å². The number of piperidine rings is 1. The molecule has 1 aliphatic heterocycles. The molecule has 29 heavy (non-hydrogen) atoms. The highest BCUT2D eigenvalue weighted by Gasteiger charge is 2.26. The molecule has 1 saturated heterocycles. The molecule has 3 rings (SSSR count). The van der Waals surface area contributed by atoms with Gasteiger partial charge in [-0.05, 0) is 37.5 Å². The van der Waals surface area contributed by atoms with Gasteiger partial charge < -0.3 is 19.7 Å². The fourth-order valence-electron chi connectivity index (χ4n) is 3.41. The summed E-state index contributed by atoms with van der Waals surface area (Å²) in [5, 5.41) is 14.8. The molecule has 0 atom stereocenters. The molecule has 1 heterocycles. The van der Waals surface area contributed by atoms with Crippen LogP contribution in [-0.2, 0) is 0 Å². The van der Waals surface area contributed by atoms with Crippen LogP contribution in [0.1, 0.15) is 29.6 Å². The number of rotatable bonds is 6. The van der Waals surface area contributed by atoms with Crippen LogP contribution in [0.3, 0.4) is 0 Å². The van der Waals surface area contributed by atoms with Gasteiger partial charge in [0.2, 0.25) is 0 Å². The average Bonchev–Trinajstić information content (AvgIpc) is 2.73. The van der Waals surface area contributed by atoms with E-state index in [4.69, 9.17) is 21.1 Å².